The molecule has 43 heavy (non-hydrogen) atoms. The molecule has 0 aliphatic carbocycles. The Labute approximate surface area is 246 Å². The van der Waals surface area contributed by atoms with Crippen molar-refractivity contribution < 1.29 is 41.5 Å². The maximum atomic E-state index is 14.4. The number of alkyl halides is 3. The Kier molecular flexibility index (Phi) is 9.05. The Bertz CT molecular complexity index is 1640. The van der Waals surface area contributed by atoms with Gasteiger partial charge in [-0.15, -0.1) is 0 Å². The molecule has 0 unspecified atom stereocenters. The van der Waals surface area contributed by atoms with E-state index in [-0.39, 0.29) is 40.1 Å². The van der Waals surface area contributed by atoms with E-state index < -0.39 is 29.1 Å². The molecule has 5 rings (SSSR count). The van der Waals surface area contributed by atoms with E-state index in [1.165, 1.54) is 43.5 Å². The second-order valence-electron chi connectivity index (χ2n) is 10.6. The number of methoxy groups -OCH3 is 1. The minimum Gasteiger partial charge on any atom is -0.497 e. The summed E-state index contributed by atoms with van der Waals surface area (Å²) in [6.45, 7) is 3.80. The Balaban J connectivity index is 1.61. The molecule has 3 aromatic carbocycles. The minimum absolute atomic E-state index is 0.0304. The molecular formula is C33H33F3NO6+. The normalized spacial score (nSPS) is 14.1. The molecular weight excluding hydrogens is 563 g/mol. The van der Waals surface area contributed by atoms with Crippen LogP contribution in [0.1, 0.15) is 59.9 Å². The van der Waals surface area contributed by atoms with E-state index in [0.29, 0.717) is 5.75 Å². The predicted octanol–water partition coefficient (Wildman–Crippen LogP) is 6.35. The van der Waals surface area contributed by atoms with Crippen LogP contribution >= 0.6 is 0 Å². The van der Waals surface area contributed by atoms with E-state index in [1.807, 2.05) is 6.92 Å². The van der Waals surface area contributed by atoms with Gasteiger partial charge < -0.3 is 23.5 Å². The fraction of sp³-hybridized carbons (Fsp3) is 0.333. The Morgan fingerprint density at radius 2 is 1.60 bits per heavy atom. The van der Waals surface area contributed by atoms with Gasteiger partial charge in [0.25, 0.3) is 5.76 Å². The van der Waals surface area contributed by atoms with Crippen LogP contribution in [-0.4, -0.2) is 26.2 Å². The first-order chi connectivity index (χ1) is 20.7. The van der Waals surface area contributed by atoms with E-state index in [4.69, 9.17) is 18.6 Å². The molecule has 0 spiro atoms. The summed E-state index contributed by atoms with van der Waals surface area (Å²) in [5, 5.41) is -0.0961. The number of piperidine rings is 1. The Hall–Kier alpha value is -4.31. The summed E-state index contributed by atoms with van der Waals surface area (Å²) in [6.07, 6.45) is -0.353. The van der Waals surface area contributed by atoms with E-state index in [1.54, 1.807) is 24.3 Å². The number of esters is 1. The third-order valence-corrected chi connectivity index (χ3v) is 7.53. The van der Waals surface area contributed by atoms with Gasteiger partial charge in [-0.3, -0.25) is 4.79 Å². The summed E-state index contributed by atoms with van der Waals surface area (Å²) >= 11 is 0. The molecule has 0 amide bonds. The molecule has 1 aliphatic rings. The van der Waals surface area contributed by atoms with Crippen molar-refractivity contribution in [1.82, 2.24) is 0 Å². The van der Waals surface area contributed by atoms with Crippen molar-refractivity contribution in [2.75, 3.05) is 20.2 Å². The number of likely N-dealkylation sites (tertiary alicyclic amines) is 1. The summed E-state index contributed by atoms with van der Waals surface area (Å²) in [7, 11) is 1.50. The number of quaternary nitrogens is 1. The summed E-state index contributed by atoms with van der Waals surface area (Å²) in [4.78, 5) is 27.8. The smallest absolute Gasteiger partial charge is 0.453 e. The number of benzene rings is 3. The average molecular weight is 597 g/mol. The lowest BCUT2D eigenvalue weighted by atomic mass is 10.1. The number of hydrogen-bond acceptors (Lipinski definition) is 6. The van der Waals surface area contributed by atoms with E-state index in [9.17, 15) is 22.8 Å². The van der Waals surface area contributed by atoms with Crippen molar-refractivity contribution in [3.05, 3.63) is 93.3 Å². The highest BCUT2D eigenvalue weighted by molar-refractivity contribution is 5.92. The molecule has 1 saturated heterocycles. The Morgan fingerprint density at radius 1 is 0.930 bits per heavy atom. The molecule has 0 saturated carbocycles. The van der Waals surface area contributed by atoms with Crippen molar-refractivity contribution in [2.45, 2.75) is 51.7 Å². The van der Waals surface area contributed by atoms with Crippen LogP contribution in [0.4, 0.5) is 13.2 Å². The van der Waals surface area contributed by atoms with Crippen LogP contribution in [0, 0.1) is 0 Å². The maximum Gasteiger partial charge on any atom is 0.453 e. The summed E-state index contributed by atoms with van der Waals surface area (Å²) in [6, 6.07) is 15.5. The summed E-state index contributed by atoms with van der Waals surface area (Å²) in [5.41, 5.74) is 0.200. The van der Waals surface area contributed by atoms with Crippen LogP contribution in [-0.2, 0) is 19.1 Å². The topological polar surface area (TPSA) is 79.4 Å². The summed E-state index contributed by atoms with van der Waals surface area (Å²) in [5.74, 6) is -2.53. The van der Waals surface area contributed by atoms with Crippen LogP contribution < -0.4 is 24.5 Å². The highest BCUT2D eigenvalue weighted by atomic mass is 19.4. The van der Waals surface area contributed by atoms with Gasteiger partial charge in [0.05, 0.1) is 36.7 Å². The highest BCUT2D eigenvalue weighted by Gasteiger charge is 2.41. The molecule has 1 aliphatic heterocycles. The second kappa shape index (κ2) is 12.9. The molecule has 4 aromatic rings. The van der Waals surface area contributed by atoms with Crippen LogP contribution in [0.25, 0.3) is 11.0 Å². The van der Waals surface area contributed by atoms with Gasteiger partial charge in [-0.25, -0.2) is 4.79 Å². The predicted molar refractivity (Wildman–Crippen MR) is 154 cm³/mol. The standard InChI is InChI=1S/C33H32F3NO6/c1-3-7-21-8-12-24(13-9-21)41-30-28(38)25-16-17-27(42-32(39)22-10-14-23(40-2)15-11-22)26(20-37-18-5-4-6-19-37)29(25)43-31(30)33(34,35)36/h8-17H,3-7,18-20H2,1-2H3/p+1. The molecule has 7 nitrogen and oxygen atoms in total. The van der Waals surface area contributed by atoms with Crippen LogP contribution in [0.2, 0.25) is 0 Å². The van der Waals surface area contributed by atoms with E-state index >= 15 is 0 Å². The third kappa shape index (κ3) is 6.85. The molecule has 1 fully saturated rings. The number of aryl methyl sites for hydroxylation is 1. The fourth-order valence-electron chi connectivity index (χ4n) is 5.32. The number of fused-ring (bicyclic) bond motifs is 1. The van der Waals surface area contributed by atoms with Gasteiger partial charge in [0.15, 0.2) is 5.58 Å². The molecule has 226 valence electrons. The molecule has 1 aromatic heterocycles. The monoisotopic (exact) mass is 596 g/mol. The molecule has 0 radical (unpaired) electrons. The lowest BCUT2D eigenvalue weighted by molar-refractivity contribution is -0.918. The lowest BCUT2D eigenvalue weighted by Crippen LogP contribution is -3.11. The lowest BCUT2D eigenvalue weighted by Gasteiger charge is -2.25. The van der Waals surface area contributed by atoms with E-state index in [2.05, 4.69) is 0 Å². The van der Waals surface area contributed by atoms with Gasteiger partial charge in [-0.1, -0.05) is 25.5 Å². The number of hydrogen-bond donors (Lipinski definition) is 1. The fourth-order valence-corrected chi connectivity index (χ4v) is 5.32. The molecule has 0 bridgehead atoms. The molecule has 1 N–H and O–H groups in total. The van der Waals surface area contributed by atoms with Gasteiger partial charge in [-0.2, -0.15) is 13.2 Å². The number of nitrogens with one attached hydrogen (secondary N) is 1. The number of carbonyl (C=O) groups is 1. The van der Waals surface area contributed by atoms with Gasteiger partial charge in [0.1, 0.15) is 23.8 Å². The average Bonchev–Trinajstić information content (AvgIpc) is 3.00. The zero-order valence-electron chi connectivity index (χ0n) is 24.0. The van der Waals surface area contributed by atoms with Crippen molar-refractivity contribution in [3.8, 4) is 23.0 Å². The van der Waals surface area contributed by atoms with Gasteiger partial charge >= 0.3 is 12.1 Å². The Morgan fingerprint density at radius 3 is 2.23 bits per heavy atom. The zero-order valence-corrected chi connectivity index (χ0v) is 24.0. The largest absolute Gasteiger partial charge is 0.497 e. The first kappa shape index (κ1) is 30.2. The molecule has 10 heteroatoms. The first-order valence-electron chi connectivity index (χ1n) is 14.3. The maximum absolute atomic E-state index is 14.4. The first-order valence-corrected chi connectivity index (χ1v) is 14.3. The van der Waals surface area contributed by atoms with E-state index in [0.717, 1.165) is 55.7 Å². The van der Waals surface area contributed by atoms with Gasteiger partial charge in [0.2, 0.25) is 11.2 Å². The summed E-state index contributed by atoms with van der Waals surface area (Å²) < 4.78 is 65.1. The van der Waals surface area contributed by atoms with Crippen molar-refractivity contribution in [1.29, 1.82) is 0 Å². The SMILES string of the molecule is CCCc1ccc(Oc2c(C(F)(F)F)oc3c(C[NH+]4CCCCC4)c(OC(=O)c4ccc(OC)cc4)ccc3c2=O)cc1. The second-order valence-corrected chi connectivity index (χ2v) is 10.6. The number of rotatable bonds is 9. The van der Waals surface area contributed by atoms with Crippen molar-refractivity contribution in [2.24, 2.45) is 0 Å². The van der Waals surface area contributed by atoms with Crippen molar-refractivity contribution >= 4 is 16.9 Å². The molecule has 0 atom stereocenters. The van der Waals surface area contributed by atoms with Crippen LogP contribution in [0.3, 0.4) is 0 Å². The highest BCUT2D eigenvalue weighted by Crippen LogP contribution is 2.40. The molecule has 2 heterocycles. The quantitative estimate of drug-likeness (QED) is 0.179. The van der Waals surface area contributed by atoms with Gasteiger partial charge in [0, 0.05) is 0 Å². The van der Waals surface area contributed by atoms with Crippen LogP contribution in [0.5, 0.6) is 23.0 Å². The van der Waals surface area contributed by atoms with Crippen molar-refractivity contribution in [3.63, 3.8) is 0 Å². The number of ether oxygens (including phenoxy) is 3. The minimum atomic E-state index is -5.03. The number of halogens is 3. The zero-order chi connectivity index (χ0) is 30.6. The third-order valence-electron chi connectivity index (χ3n) is 7.53. The van der Waals surface area contributed by atoms with Gasteiger partial charge in [-0.05, 0) is 79.8 Å². The van der Waals surface area contributed by atoms with Crippen LogP contribution in [0.15, 0.2) is 69.9 Å². The number of carbonyl (C=O) groups excluding carboxylic acids is 1.